The maximum absolute atomic E-state index is 8.91. The van der Waals surface area contributed by atoms with Crippen LogP contribution in [0.4, 0.5) is 5.69 Å². The summed E-state index contributed by atoms with van der Waals surface area (Å²) in [6, 6.07) is 5.86. The van der Waals surface area contributed by atoms with Crippen molar-refractivity contribution in [1.82, 2.24) is 0 Å². The molecule has 0 fully saturated rings. The highest BCUT2D eigenvalue weighted by molar-refractivity contribution is 5.53. The quantitative estimate of drug-likeness (QED) is 0.671. The van der Waals surface area contributed by atoms with E-state index in [1.165, 1.54) is 0 Å². The van der Waals surface area contributed by atoms with E-state index < -0.39 is 0 Å². The standard InChI is InChI=1S/C9H13NO/c1-7-8(6-11)4-3-5-9(7)10-2/h3-5,10-11H,6H2,1-2H3. The highest BCUT2D eigenvalue weighted by Gasteiger charge is 1.99. The van der Waals surface area contributed by atoms with Crippen molar-refractivity contribution in [2.75, 3.05) is 12.4 Å². The van der Waals surface area contributed by atoms with Crippen LogP contribution in [-0.4, -0.2) is 12.2 Å². The zero-order valence-corrected chi connectivity index (χ0v) is 6.89. The number of rotatable bonds is 2. The van der Waals surface area contributed by atoms with Crippen molar-refractivity contribution >= 4 is 5.69 Å². The van der Waals surface area contributed by atoms with Gasteiger partial charge in [0.05, 0.1) is 6.61 Å². The molecule has 0 heterocycles. The van der Waals surface area contributed by atoms with Crippen molar-refractivity contribution in [3.8, 4) is 0 Å². The first-order valence-electron chi connectivity index (χ1n) is 3.66. The molecular weight excluding hydrogens is 138 g/mol. The molecule has 0 bridgehead atoms. The van der Waals surface area contributed by atoms with Gasteiger partial charge in [-0.05, 0) is 24.1 Å². The Morgan fingerprint density at radius 3 is 2.73 bits per heavy atom. The maximum atomic E-state index is 8.91. The number of hydrogen-bond donors (Lipinski definition) is 2. The summed E-state index contributed by atoms with van der Waals surface area (Å²) >= 11 is 0. The number of aliphatic hydroxyl groups is 1. The van der Waals surface area contributed by atoms with Gasteiger partial charge in [-0.3, -0.25) is 0 Å². The monoisotopic (exact) mass is 151 g/mol. The van der Waals surface area contributed by atoms with Crippen molar-refractivity contribution in [1.29, 1.82) is 0 Å². The summed E-state index contributed by atoms with van der Waals surface area (Å²) in [5, 5.41) is 12.0. The van der Waals surface area contributed by atoms with Crippen LogP contribution >= 0.6 is 0 Å². The van der Waals surface area contributed by atoms with Gasteiger partial charge < -0.3 is 10.4 Å². The normalized spacial score (nSPS) is 9.73. The van der Waals surface area contributed by atoms with Gasteiger partial charge in [0.25, 0.3) is 0 Å². The van der Waals surface area contributed by atoms with Crippen LogP contribution in [0.3, 0.4) is 0 Å². The predicted molar refractivity (Wildman–Crippen MR) is 46.6 cm³/mol. The molecule has 0 saturated heterocycles. The largest absolute Gasteiger partial charge is 0.392 e. The van der Waals surface area contributed by atoms with Gasteiger partial charge in [-0.2, -0.15) is 0 Å². The Balaban J connectivity index is 3.10. The predicted octanol–water partition coefficient (Wildman–Crippen LogP) is 1.53. The number of benzene rings is 1. The number of anilines is 1. The van der Waals surface area contributed by atoms with E-state index in [-0.39, 0.29) is 6.61 Å². The van der Waals surface area contributed by atoms with E-state index >= 15 is 0 Å². The van der Waals surface area contributed by atoms with Crippen molar-refractivity contribution < 1.29 is 5.11 Å². The van der Waals surface area contributed by atoms with Gasteiger partial charge in [0.1, 0.15) is 0 Å². The lowest BCUT2D eigenvalue weighted by Crippen LogP contribution is -1.95. The van der Waals surface area contributed by atoms with Crippen molar-refractivity contribution in [3.63, 3.8) is 0 Å². The first kappa shape index (κ1) is 8.08. The van der Waals surface area contributed by atoms with Crippen LogP contribution in [-0.2, 0) is 6.61 Å². The Morgan fingerprint density at radius 1 is 1.45 bits per heavy atom. The van der Waals surface area contributed by atoms with Gasteiger partial charge in [-0.1, -0.05) is 12.1 Å². The average Bonchev–Trinajstić information content (AvgIpc) is 2.05. The fourth-order valence-electron chi connectivity index (χ4n) is 1.13. The molecule has 60 valence electrons. The Hall–Kier alpha value is -1.02. The molecule has 0 unspecified atom stereocenters. The molecule has 0 spiro atoms. The van der Waals surface area contributed by atoms with Crippen LogP contribution in [0.25, 0.3) is 0 Å². The second kappa shape index (κ2) is 3.39. The number of aliphatic hydroxyl groups excluding tert-OH is 1. The fraction of sp³-hybridized carbons (Fsp3) is 0.333. The molecule has 2 heteroatoms. The number of hydrogen-bond acceptors (Lipinski definition) is 2. The summed E-state index contributed by atoms with van der Waals surface area (Å²) in [6.45, 7) is 2.11. The third kappa shape index (κ3) is 1.52. The van der Waals surface area contributed by atoms with E-state index in [1.54, 1.807) is 0 Å². The smallest absolute Gasteiger partial charge is 0.0685 e. The molecule has 0 saturated carbocycles. The minimum absolute atomic E-state index is 0.112. The molecule has 1 rings (SSSR count). The molecule has 1 aromatic rings. The van der Waals surface area contributed by atoms with Crippen molar-refractivity contribution in [2.24, 2.45) is 0 Å². The summed E-state index contributed by atoms with van der Waals surface area (Å²) in [6.07, 6.45) is 0. The Labute approximate surface area is 66.9 Å². The zero-order chi connectivity index (χ0) is 8.27. The molecule has 0 amide bonds. The number of nitrogens with one attached hydrogen (secondary N) is 1. The van der Waals surface area contributed by atoms with E-state index in [2.05, 4.69) is 5.32 Å². The van der Waals surface area contributed by atoms with Crippen LogP contribution in [0, 0.1) is 6.92 Å². The van der Waals surface area contributed by atoms with Gasteiger partial charge in [-0.25, -0.2) is 0 Å². The molecule has 0 aliphatic heterocycles. The van der Waals surface area contributed by atoms with E-state index in [4.69, 9.17) is 5.11 Å². The fourth-order valence-corrected chi connectivity index (χ4v) is 1.13. The van der Waals surface area contributed by atoms with E-state index in [1.807, 2.05) is 32.2 Å². The van der Waals surface area contributed by atoms with Gasteiger partial charge in [-0.15, -0.1) is 0 Å². The summed E-state index contributed by atoms with van der Waals surface area (Å²) < 4.78 is 0. The summed E-state index contributed by atoms with van der Waals surface area (Å²) in [7, 11) is 1.88. The SMILES string of the molecule is CNc1cccc(CO)c1C. The van der Waals surface area contributed by atoms with Crippen molar-refractivity contribution in [2.45, 2.75) is 13.5 Å². The Morgan fingerprint density at radius 2 is 2.18 bits per heavy atom. The van der Waals surface area contributed by atoms with E-state index in [9.17, 15) is 0 Å². The summed E-state index contributed by atoms with van der Waals surface area (Å²) in [5.74, 6) is 0. The highest BCUT2D eigenvalue weighted by Crippen LogP contribution is 2.17. The molecule has 11 heavy (non-hydrogen) atoms. The topological polar surface area (TPSA) is 32.3 Å². The summed E-state index contributed by atoms with van der Waals surface area (Å²) in [4.78, 5) is 0. The molecule has 2 N–H and O–H groups in total. The van der Waals surface area contributed by atoms with Crippen LogP contribution in [0.1, 0.15) is 11.1 Å². The van der Waals surface area contributed by atoms with Crippen LogP contribution < -0.4 is 5.32 Å². The van der Waals surface area contributed by atoms with Crippen LogP contribution in [0.5, 0.6) is 0 Å². The highest BCUT2D eigenvalue weighted by atomic mass is 16.3. The lowest BCUT2D eigenvalue weighted by atomic mass is 10.1. The summed E-state index contributed by atoms with van der Waals surface area (Å²) in [5.41, 5.74) is 3.19. The van der Waals surface area contributed by atoms with Gasteiger partial charge in [0.15, 0.2) is 0 Å². The first-order valence-corrected chi connectivity index (χ1v) is 3.66. The van der Waals surface area contributed by atoms with Crippen LogP contribution in [0.15, 0.2) is 18.2 Å². The van der Waals surface area contributed by atoms with Gasteiger partial charge in [0, 0.05) is 12.7 Å². The molecular formula is C9H13NO. The van der Waals surface area contributed by atoms with Gasteiger partial charge >= 0.3 is 0 Å². The Bertz CT molecular complexity index is 223. The minimum atomic E-state index is 0.112. The lowest BCUT2D eigenvalue weighted by molar-refractivity contribution is 0.281. The molecule has 0 aromatic heterocycles. The molecule has 0 aliphatic carbocycles. The third-order valence-electron chi connectivity index (χ3n) is 1.89. The van der Waals surface area contributed by atoms with E-state index in [0.29, 0.717) is 0 Å². The van der Waals surface area contributed by atoms with E-state index in [0.717, 1.165) is 16.8 Å². The third-order valence-corrected chi connectivity index (χ3v) is 1.89. The van der Waals surface area contributed by atoms with Crippen molar-refractivity contribution in [3.05, 3.63) is 29.3 Å². The lowest BCUT2D eigenvalue weighted by Gasteiger charge is -2.07. The average molecular weight is 151 g/mol. The second-order valence-electron chi connectivity index (χ2n) is 2.50. The molecule has 0 atom stereocenters. The first-order chi connectivity index (χ1) is 5.29. The molecule has 0 aliphatic rings. The van der Waals surface area contributed by atoms with Crippen LogP contribution in [0.2, 0.25) is 0 Å². The maximum Gasteiger partial charge on any atom is 0.0685 e. The van der Waals surface area contributed by atoms with Gasteiger partial charge in [0.2, 0.25) is 0 Å². The minimum Gasteiger partial charge on any atom is -0.392 e. The zero-order valence-electron chi connectivity index (χ0n) is 6.89. The second-order valence-corrected chi connectivity index (χ2v) is 2.50. The molecule has 1 aromatic carbocycles. The Kier molecular flexibility index (Phi) is 2.49. The molecule has 2 nitrogen and oxygen atoms in total. The molecule has 0 radical (unpaired) electrons.